The second-order valence-corrected chi connectivity index (χ2v) is 6.17. The van der Waals surface area contributed by atoms with Gasteiger partial charge in [-0.15, -0.1) is 0 Å². The molecule has 3 aromatic rings. The third kappa shape index (κ3) is 3.67. The predicted octanol–water partition coefficient (Wildman–Crippen LogP) is 5.21. The predicted molar refractivity (Wildman–Crippen MR) is 100 cm³/mol. The first-order valence-electron chi connectivity index (χ1n) is 7.38. The zero-order valence-corrected chi connectivity index (χ0v) is 14.6. The van der Waals surface area contributed by atoms with Crippen LogP contribution in [0.1, 0.15) is 11.3 Å². The molecule has 0 spiro atoms. The normalized spacial score (nSPS) is 11.1. The molecule has 122 valence electrons. The van der Waals surface area contributed by atoms with Crippen molar-refractivity contribution in [1.29, 1.82) is 5.26 Å². The highest BCUT2D eigenvalue weighted by Gasteiger charge is 2.08. The van der Waals surface area contributed by atoms with Crippen molar-refractivity contribution in [3.05, 3.63) is 92.7 Å². The molecule has 2 aromatic carbocycles. The van der Waals surface area contributed by atoms with Crippen LogP contribution in [0.5, 0.6) is 0 Å². The van der Waals surface area contributed by atoms with Crippen LogP contribution in [0, 0.1) is 21.4 Å². The van der Waals surface area contributed by atoms with Crippen molar-refractivity contribution < 1.29 is 4.92 Å². The number of nitriles is 1. The molecule has 0 bridgehead atoms. The van der Waals surface area contributed by atoms with Gasteiger partial charge in [0.15, 0.2) is 0 Å². The first-order valence-corrected chi connectivity index (χ1v) is 8.18. The summed E-state index contributed by atoms with van der Waals surface area (Å²) in [5.41, 5.74) is 2.89. The number of allylic oxidation sites excluding steroid dienone is 1. The number of rotatable bonds is 4. The van der Waals surface area contributed by atoms with E-state index in [1.807, 2.05) is 47.2 Å². The summed E-state index contributed by atoms with van der Waals surface area (Å²) in [6, 6.07) is 19.8. The molecule has 0 saturated carbocycles. The lowest BCUT2D eigenvalue weighted by molar-refractivity contribution is -0.384. The van der Waals surface area contributed by atoms with E-state index in [1.54, 1.807) is 18.2 Å². The van der Waals surface area contributed by atoms with Gasteiger partial charge in [0.2, 0.25) is 0 Å². The van der Waals surface area contributed by atoms with Crippen molar-refractivity contribution in [1.82, 2.24) is 4.57 Å². The van der Waals surface area contributed by atoms with Crippen LogP contribution < -0.4 is 0 Å². The van der Waals surface area contributed by atoms with Crippen molar-refractivity contribution >= 4 is 33.3 Å². The maximum atomic E-state index is 10.8. The summed E-state index contributed by atoms with van der Waals surface area (Å²) < 4.78 is 2.96. The topological polar surface area (TPSA) is 71.9 Å². The summed E-state index contributed by atoms with van der Waals surface area (Å²) in [6.45, 7) is 0. The highest BCUT2D eigenvalue weighted by Crippen LogP contribution is 2.23. The van der Waals surface area contributed by atoms with Gasteiger partial charge in [0.25, 0.3) is 5.69 Å². The summed E-state index contributed by atoms with van der Waals surface area (Å²) in [7, 11) is 0. The van der Waals surface area contributed by atoms with Crippen LogP contribution in [0.3, 0.4) is 0 Å². The summed E-state index contributed by atoms with van der Waals surface area (Å²) in [6.07, 6.45) is 3.68. The average molecular weight is 394 g/mol. The number of hydrogen-bond acceptors (Lipinski definition) is 3. The summed E-state index contributed by atoms with van der Waals surface area (Å²) >= 11 is 3.41. The van der Waals surface area contributed by atoms with Crippen LogP contribution >= 0.6 is 15.9 Å². The second kappa shape index (κ2) is 7.16. The van der Waals surface area contributed by atoms with Crippen LogP contribution in [0.15, 0.2) is 71.3 Å². The number of nitro benzene ring substituents is 1. The monoisotopic (exact) mass is 393 g/mol. The van der Waals surface area contributed by atoms with Crippen molar-refractivity contribution in [3.63, 3.8) is 0 Å². The minimum absolute atomic E-state index is 0.000669. The lowest BCUT2D eigenvalue weighted by atomic mass is 10.1. The van der Waals surface area contributed by atoms with Gasteiger partial charge in [0.1, 0.15) is 0 Å². The van der Waals surface area contributed by atoms with Crippen LogP contribution in [0.2, 0.25) is 0 Å². The van der Waals surface area contributed by atoms with Crippen LogP contribution in [-0.2, 0) is 0 Å². The molecular formula is C19H12BrN3O2. The Hall–Kier alpha value is -3.17. The molecule has 0 N–H and O–H groups in total. The van der Waals surface area contributed by atoms with Gasteiger partial charge >= 0.3 is 0 Å². The largest absolute Gasteiger partial charge is 0.317 e. The van der Waals surface area contributed by atoms with Gasteiger partial charge in [-0.05, 0) is 60.2 Å². The maximum absolute atomic E-state index is 10.8. The van der Waals surface area contributed by atoms with Gasteiger partial charge in [-0.3, -0.25) is 10.1 Å². The van der Waals surface area contributed by atoms with Crippen LogP contribution in [0.4, 0.5) is 5.69 Å². The van der Waals surface area contributed by atoms with Gasteiger partial charge in [-0.1, -0.05) is 15.9 Å². The summed E-state index contributed by atoms with van der Waals surface area (Å²) in [5, 5.41) is 20.2. The minimum atomic E-state index is -0.460. The van der Waals surface area contributed by atoms with Crippen molar-refractivity contribution in [2.75, 3.05) is 0 Å². The van der Waals surface area contributed by atoms with Crippen molar-refractivity contribution in [2.45, 2.75) is 0 Å². The Kier molecular flexibility index (Phi) is 4.78. The SMILES string of the molecule is N#C/C(=C/c1cccn1-c1ccc(Br)cc1)c1ccc([N+](=O)[O-])cc1. The van der Waals surface area contributed by atoms with Crippen molar-refractivity contribution in [2.24, 2.45) is 0 Å². The van der Waals surface area contributed by atoms with Gasteiger partial charge in [-0.2, -0.15) is 5.26 Å². The van der Waals surface area contributed by atoms with E-state index < -0.39 is 4.92 Å². The summed E-state index contributed by atoms with van der Waals surface area (Å²) in [5.74, 6) is 0. The van der Waals surface area contributed by atoms with E-state index >= 15 is 0 Å². The minimum Gasteiger partial charge on any atom is -0.317 e. The van der Waals surface area contributed by atoms with E-state index in [1.165, 1.54) is 12.1 Å². The molecule has 0 aliphatic rings. The molecule has 5 nitrogen and oxygen atoms in total. The lowest BCUT2D eigenvalue weighted by Crippen LogP contribution is -1.95. The van der Waals surface area contributed by atoms with E-state index in [0.717, 1.165) is 15.9 Å². The third-order valence-electron chi connectivity index (χ3n) is 3.69. The molecule has 3 rings (SSSR count). The van der Waals surface area contributed by atoms with Gasteiger partial charge in [-0.25, -0.2) is 0 Å². The number of benzene rings is 2. The average Bonchev–Trinajstić information content (AvgIpc) is 3.08. The molecule has 0 saturated heterocycles. The first-order chi connectivity index (χ1) is 12.1. The molecule has 6 heteroatoms. The van der Waals surface area contributed by atoms with E-state index in [2.05, 4.69) is 22.0 Å². The fourth-order valence-corrected chi connectivity index (χ4v) is 2.70. The highest BCUT2D eigenvalue weighted by molar-refractivity contribution is 9.10. The molecule has 1 aromatic heterocycles. The number of nitro groups is 1. The molecular weight excluding hydrogens is 382 g/mol. The van der Waals surface area contributed by atoms with Gasteiger partial charge in [0.05, 0.1) is 16.6 Å². The maximum Gasteiger partial charge on any atom is 0.269 e. The Balaban J connectivity index is 1.99. The smallest absolute Gasteiger partial charge is 0.269 e. The number of aromatic nitrogens is 1. The lowest BCUT2D eigenvalue weighted by Gasteiger charge is -2.07. The molecule has 0 fully saturated rings. The molecule has 0 amide bonds. The second-order valence-electron chi connectivity index (χ2n) is 5.25. The Morgan fingerprint density at radius 1 is 1.12 bits per heavy atom. The molecule has 25 heavy (non-hydrogen) atoms. The fraction of sp³-hybridized carbons (Fsp3) is 0. The number of hydrogen-bond donors (Lipinski definition) is 0. The third-order valence-corrected chi connectivity index (χ3v) is 4.22. The van der Waals surface area contributed by atoms with E-state index in [9.17, 15) is 15.4 Å². The van der Waals surface area contributed by atoms with E-state index in [4.69, 9.17) is 0 Å². The zero-order chi connectivity index (χ0) is 17.8. The molecule has 1 heterocycles. The molecule has 0 atom stereocenters. The summed E-state index contributed by atoms with van der Waals surface area (Å²) in [4.78, 5) is 10.3. The first kappa shape index (κ1) is 16.7. The Morgan fingerprint density at radius 3 is 2.40 bits per heavy atom. The Morgan fingerprint density at radius 2 is 1.80 bits per heavy atom. The van der Waals surface area contributed by atoms with Crippen LogP contribution in [0.25, 0.3) is 17.3 Å². The van der Waals surface area contributed by atoms with Crippen LogP contribution in [-0.4, -0.2) is 9.49 Å². The quantitative estimate of drug-likeness (QED) is 0.346. The molecule has 0 aliphatic carbocycles. The van der Waals surface area contributed by atoms with E-state index in [0.29, 0.717) is 11.1 Å². The highest BCUT2D eigenvalue weighted by atomic mass is 79.9. The standard InChI is InChI=1S/C19H12BrN3O2/c20-16-5-9-17(10-6-16)22-11-1-2-19(22)12-15(13-21)14-3-7-18(8-4-14)23(24)25/h1-12H/b15-12-. The molecule has 0 aliphatic heterocycles. The van der Waals surface area contributed by atoms with Gasteiger partial charge < -0.3 is 4.57 Å². The number of halogens is 1. The Labute approximate surface area is 152 Å². The van der Waals surface area contributed by atoms with Gasteiger partial charge in [0, 0.05) is 34.2 Å². The molecule has 0 radical (unpaired) electrons. The number of non-ortho nitro benzene ring substituents is 1. The van der Waals surface area contributed by atoms with E-state index in [-0.39, 0.29) is 5.69 Å². The zero-order valence-electron chi connectivity index (χ0n) is 13.0. The fourth-order valence-electron chi connectivity index (χ4n) is 2.44. The molecule has 0 unspecified atom stereocenters. The van der Waals surface area contributed by atoms with Crippen molar-refractivity contribution in [3.8, 4) is 11.8 Å². The Bertz CT molecular complexity index is 981. The number of nitrogens with zero attached hydrogens (tertiary/aromatic N) is 3.